The van der Waals surface area contributed by atoms with E-state index in [0.29, 0.717) is 0 Å². The lowest BCUT2D eigenvalue weighted by molar-refractivity contribution is 0.296. The average Bonchev–Trinajstić information content (AvgIpc) is 2.57. The second kappa shape index (κ2) is 13.9. The maximum atomic E-state index is 4.23. The minimum atomic E-state index is 0. The molecule has 0 fully saturated rings. The molecule has 1 aromatic rings. The van der Waals surface area contributed by atoms with Gasteiger partial charge in [0.05, 0.1) is 0 Å². The summed E-state index contributed by atoms with van der Waals surface area (Å²) >= 11 is 1.83. The number of nitrogens with one attached hydrogen (secondary N) is 2. The van der Waals surface area contributed by atoms with E-state index in [1.54, 1.807) is 0 Å². The Balaban J connectivity index is 0.00000484. The predicted octanol–water partition coefficient (Wildman–Crippen LogP) is 3.17. The molecule has 0 unspecified atom stereocenters. The first kappa shape index (κ1) is 22.5. The number of guanidine groups is 1. The van der Waals surface area contributed by atoms with Gasteiger partial charge in [-0.15, -0.1) is 24.0 Å². The molecule has 0 aliphatic heterocycles. The molecule has 0 amide bonds. The Morgan fingerprint density at radius 3 is 2.22 bits per heavy atom. The first-order valence-electron chi connectivity index (χ1n) is 7.97. The first-order valence-corrected chi connectivity index (χ1v) is 9.36. The standard InChI is InChI=1S/C17H30N4S.HI/c1-5-21(6-2)14-16-9-7-15(8-10-16)13-20-17(18-3)19-11-12-22-4;/h7-10H,5-6,11-14H2,1-4H3,(H2,18,19,20);1H. The fourth-order valence-corrected chi connectivity index (χ4v) is 2.45. The summed E-state index contributed by atoms with van der Waals surface area (Å²) in [5.74, 6) is 1.95. The minimum absolute atomic E-state index is 0. The number of nitrogens with zero attached hydrogens (tertiary/aromatic N) is 2. The lowest BCUT2D eigenvalue weighted by Crippen LogP contribution is -2.37. The SMILES string of the molecule is CCN(CC)Cc1ccc(CNC(=NC)NCCSC)cc1.I. The van der Waals surface area contributed by atoms with Crippen molar-refractivity contribution in [1.29, 1.82) is 0 Å². The van der Waals surface area contributed by atoms with Crippen LogP contribution in [-0.4, -0.2) is 49.6 Å². The summed E-state index contributed by atoms with van der Waals surface area (Å²) in [5, 5.41) is 6.65. The maximum absolute atomic E-state index is 4.23. The smallest absolute Gasteiger partial charge is 0.191 e. The highest BCUT2D eigenvalue weighted by Gasteiger charge is 2.02. The molecule has 0 atom stereocenters. The van der Waals surface area contributed by atoms with E-state index in [2.05, 4.69) is 64.9 Å². The summed E-state index contributed by atoms with van der Waals surface area (Å²) in [6.07, 6.45) is 2.11. The summed E-state index contributed by atoms with van der Waals surface area (Å²) in [4.78, 5) is 6.65. The van der Waals surface area contributed by atoms with Gasteiger partial charge >= 0.3 is 0 Å². The minimum Gasteiger partial charge on any atom is -0.356 e. The first-order chi connectivity index (χ1) is 10.7. The van der Waals surface area contributed by atoms with E-state index in [4.69, 9.17) is 0 Å². The number of aliphatic imine (C=N–C) groups is 1. The third-order valence-electron chi connectivity index (χ3n) is 3.61. The Kier molecular flexibility index (Phi) is 13.6. The van der Waals surface area contributed by atoms with Crippen LogP contribution >= 0.6 is 35.7 Å². The number of rotatable bonds is 9. The van der Waals surface area contributed by atoms with Crippen molar-refractivity contribution in [3.63, 3.8) is 0 Å². The van der Waals surface area contributed by atoms with Crippen LogP contribution in [-0.2, 0) is 13.1 Å². The van der Waals surface area contributed by atoms with Crippen molar-refractivity contribution in [2.75, 3.05) is 38.7 Å². The summed E-state index contributed by atoms with van der Waals surface area (Å²) in [6, 6.07) is 8.83. The molecule has 0 aliphatic rings. The van der Waals surface area contributed by atoms with Gasteiger partial charge in [-0.25, -0.2) is 0 Å². The molecule has 1 aromatic carbocycles. The molecule has 0 bridgehead atoms. The van der Waals surface area contributed by atoms with Gasteiger partial charge in [-0.2, -0.15) is 11.8 Å². The number of thioether (sulfide) groups is 1. The number of hydrogen-bond acceptors (Lipinski definition) is 3. The molecule has 0 aliphatic carbocycles. The molecule has 0 saturated heterocycles. The zero-order chi connectivity index (χ0) is 16.2. The van der Waals surface area contributed by atoms with Gasteiger partial charge in [0, 0.05) is 32.4 Å². The van der Waals surface area contributed by atoms with E-state index < -0.39 is 0 Å². The van der Waals surface area contributed by atoms with Crippen molar-refractivity contribution in [3.05, 3.63) is 35.4 Å². The third-order valence-corrected chi connectivity index (χ3v) is 4.22. The second-order valence-corrected chi connectivity index (χ2v) is 6.11. The molecule has 23 heavy (non-hydrogen) atoms. The fourth-order valence-electron chi connectivity index (χ4n) is 2.15. The van der Waals surface area contributed by atoms with Gasteiger partial charge in [-0.05, 0) is 30.5 Å². The topological polar surface area (TPSA) is 39.7 Å². The Hall–Kier alpha value is -0.470. The van der Waals surface area contributed by atoms with Gasteiger partial charge in [-0.3, -0.25) is 9.89 Å². The second-order valence-electron chi connectivity index (χ2n) is 5.12. The van der Waals surface area contributed by atoms with Crippen molar-refractivity contribution in [1.82, 2.24) is 15.5 Å². The van der Waals surface area contributed by atoms with Crippen LogP contribution in [0.1, 0.15) is 25.0 Å². The Morgan fingerprint density at radius 2 is 1.70 bits per heavy atom. The van der Waals surface area contributed by atoms with E-state index in [0.717, 1.165) is 44.4 Å². The molecule has 0 radical (unpaired) electrons. The fraction of sp³-hybridized carbons (Fsp3) is 0.588. The lowest BCUT2D eigenvalue weighted by Gasteiger charge is -2.18. The van der Waals surface area contributed by atoms with Crippen LogP contribution in [0.5, 0.6) is 0 Å². The van der Waals surface area contributed by atoms with Crippen LogP contribution in [0.3, 0.4) is 0 Å². The van der Waals surface area contributed by atoms with E-state index in [1.807, 2.05) is 18.8 Å². The zero-order valence-corrected chi connectivity index (χ0v) is 17.9. The summed E-state index contributed by atoms with van der Waals surface area (Å²) in [7, 11) is 1.81. The monoisotopic (exact) mass is 450 g/mol. The number of hydrogen-bond donors (Lipinski definition) is 2. The van der Waals surface area contributed by atoms with Crippen LogP contribution in [0.4, 0.5) is 0 Å². The largest absolute Gasteiger partial charge is 0.356 e. The van der Waals surface area contributed by atoms with Crippen molar-refractivity contribution in [2.24, 2.45) is 4.99 Å². The lowest BCUT2D eigenvalue weighted by atomic mass is 10.1. The molecule has 0 aromatic heterocycles. The molecule has 1 rings (SSSR count). The normalized spacial score (nSPS) is 11.3. The van der Waals surface area contributed by atoms with E-state index in [-0.39, 0.29) is 24.0 Å². The van der Waals surface area contributed by atoms with Gasteiger partial charge in [0.15, 0.2) is 5.96 Å². The Morgan fingerprint density at radius 1 is 1.09 bits per heavy atom. The molecule has 0 spiro atoms. The Labute approximate surface area is 162 Å². The summed E-state index contributed by atoms with van der Waals surface area (Å²) in [6.45, 7) is 9.36. The molecule has 132 valence electrons. The van der Waals surface area contributed by atoms with E-state index in [9.17, 15) is 0 Å². The van der Waals surface area contributed by atoms with E-state index >= 15 is 0 Å². The van der Waals surface area contributed by atoms with Gasteiger partial charge in [0.25, 0.3) is 0 Å². The maximum Gasteiger partial charge on any atom is 0.191 e. The zero-order valence-electron chi connectivity index (χ0n) is 14.8. The van der Waals surface area contributed by atoms with Gasteiger partial charge in [0.2, 0.25) is 0 Å². The van der Waals surface area contributed by atoms with Crippen molar-refractivity contribution in [2.45, 2.75) is 26.9 Å². The van der Waals surface area contributed by atoms with Crippen LogP contribution < -0.4 is 10.6 Å². The number of halogens is 1. The van der Waals surface area contributed by atoms with Gasteiger partial charge in [0.1, 0.15) is 0 Å². The van der Waals surface area contributed by atoms with Gasteiger partial charge < -0.3 is 10.6 Å². The highest BCUT2D eigenvalue weighted by molar-refractivity contribution is 14.0. The van der Waals surface area contributed by atoms with Crippen molar-refractivity contribution in [3.8, 4) is 0 Å². The van der Waals surface area contributed by atoms with Crippen LogP contribution in [0.15, 0.2) is 29.3 Å². The van der Waals surface area contributed by atoms with Crippen LogP contribution in [0.25, 0.3) is 0 Å². The van der Waals surface area contributed by atoms with Crippen molar-refractivity contribution < 1.29 is 0 Å². The van der Waals surface area contributed by atoms with Crippen molar-refractivity contribution >= 4 is 41.7 Å². The quantitative estimate of drug-likeness (QED) is 0.263. The van der Waals surface area contributed by atoms with E-state index in [1.165, 1.54) is 11.1 Å². The van der Waals surface area contributed by atoms with Crippen LogP contribution in [0.2, 0.25) is 0 Å². The predicted molar refractivity (Wildman–Crippen MR) is 115 cm³/mol. The molecule has 0 heterocycles. The summed E-state index contributed by atoms with van der Waals surface area (Å²) < 4.78 is 0. The van der Waals surface area contributed by atoms with Gasteiger partial charge in [-0.1, -0.05) is 38.1 Å². The molecular weight excluding hydrogens is 419 g/mol. The molecule has 4 nitrogen and oxygen atoms in total. The molecule has 2 N–H and O–H groups in total. The summed E-state index contributed by atoms with van der Waals surface area (Å²) in [5.41, 5.74) is 2.64. The highest BCUT2D eigenvalue weighted by atomic mass is 127. The van der Waals surface area contributed by atoms with Crippen LogP contribution in [0, 0.1) is 0 Å². The third kappa shape index (κ3) is 9.42. The highest BCUT2D eigenvalue weighted by Crippen LogP contribution is 2.07. The average molecular weight is 450 g/mol. The molecule has 6 heteroatoms. The molecule has 0 saturated carbocycles. The molecular formula is C17H31IN4S. The Bertz CT molecular complexity index is 433. The number of benzene rings is 1.